The Balaban J connectivity index is 1.79. The second kappa shape index (κ2) is 7.75. The highest BCUT2D eigenvalue weighted by Crippen LogP contribution is 2.48. The molecule has 1 atom stereocenters. The first-order valence-electron chi connectivity index (χ1n) is 9.30. The number of hydrogen-bond donors (Lipinski definition) is 3. The van der Waals surface area contributed by atoms with E-state index >= 15 is 0 Å². The normalized spacial score (nSPS) is 15.6. The third-order valence-electron chi connectivity index (χ3n) is 4.98. The van der Waals surface area contributed by atoms with Crippen LogP contribution in [0.3, 0.4) is 0 Å². The van der Waals surface area contributed by atoms with E-state index in [4.69, 9.17) is 4.74 Å². The molecule has 0 saturated heterocycles. The quantitative estimate of drug-likeness (QED) is 0.262. The summed E-state index contributed by atoms with van der Waals surface area (Å²) in [6.07, 6.45) is 2.75. The lowest BCUT2D eigenvalue weighted by Gasteiger charge is -2.27. The minimum atomic E-state index is -0.585. The molecule has 3 N–H and O–H groups in total. The molecule has 4 rings (SSSR count). The van der Waals surface area contributed by atoms with E-state index in [1.165, 1.54) is 24.3 Å². The number of carbonyl (C=O) groups is 2. The molecule has 3 aromatic carbocycles. The van der Waals surface area contributed by atoms with Gasteiger partial charge < -0.3 is 20.1 Å². The first kappa shape index (κ1) is 19.3. The van der Waals surface area contributed by atoms with Gasteiger partial charge in [-0.3, -0.25) is 9.59 Å². The second-order valence-corrected chi connectivity index (χ2v) is 6.96. The molecule has 1 aliphatic rings. The lowest BCUT2D eigenvalue weighted by molar-refractivity contribution is -0.135. The molecule has 6 heteroatoms. The number of esters is 1. The molecule has 1 aliphatic heterocycles. The number of ether oxygens (including phenoxy) is 1. The fraction of sp³-hybridized carbons (Fsp3) is 0.0833. The molecule has 0 aliphatic carbocycles. The maximum absolute atomic E-state index is 12.9. The van der Waals surface area contributed by atoms with Crippen LogP contribution in [0.1, 0.15) is 39.4 Å². The molecule has 0 unspecified atom stereocenters. The van der Waals surface area contributed by atoms with Gasteiger partial charge in [-0.25, -0.2) is 0 Å². The van der Waals surface area contributed by atoms with Crippen molar-refractivity contribution < 1.29 is 29.6 Å². The highest BCUT2D eigenvalue weighted by molar-refractivity contribution is 6.11. The first-order chi connectivity index (χ1) is 14.4. The van der Waals surface area contributed by atoms with Gasteiger partial charge in [0.05, 0.1) is 6.42 Å². The zero-order valence-electron chi connectivity index (χ0n) is 15.8. The van der Waals surface area contributed by atoms with E-state index in [0.29, 0.717) is 11.1 Å². The van der Waals surface area contributed by atoms with E-state index in [2.05, 4.69) is 0 Å². The van der Waals surface area contributed by atoms with Gasteiger partial charge in [0, 0.05) is 17.5 Å². The molecule has 3 aromatic rings. The van der Waals surface area contributed by atoms with Gasteiger partial charge >= 0.3 is 5.97 Å². The predicted octanol–water partition coefficient (Wildman–Crippen LogP) is 4.14. The number of phenols is 3. The number of allylic oxidation sites excluding steroid dienone is 1. The molecule has 0 saturated carbocycles. The maximum Gasteiger partial charge on any atom is 0.312 e. The lowest BCUT2D eigenvalue weighted by Crippen LogP contribution is -2.23. The van der Waals surface area contributed by atoms with Crippen LogP contribution in [0.2, 0.25) is 0 Å². The van der Waals surface area contributed by atoms with Crippen molar-refractivity contribution >= 4 is 17.8 Å². The Kier molecular flexibility index (Phi) is 4.98. The molecule has 6 nitrogen and oxygen atoms in total. The lowest BCUT2D eigenvalue weighted by atomic mass is 9.84. The smallest absolute Gasteiger partial charge is 0.312 e. The van der Waals surface area contributed by atoms with E-state index < -0.39 is 23.4 Å². The Bertz CT molecular complexity index is 1150. The third-order valence-corrected chi connectivity index (χ3v) is 4.98. The van der Waals surface area contributed by atoms with Crippen LogP contribution in [0.25, 0.3) is 6.08 Å². The van der Waals surface area contributed by atoms with Gasteiger partial charge in [0.2, 0.25) is 0 Å². The fourth-order valence-electron chi connectivity index (χ4n) is 3.56. The zero-order chi connectivity index (χ0) is 21.3. The first-order valence-corrected chi connectivity index (χ1v) is 9.30. The number of hydrogen-bond acceptors (Lipinski definition) is 6. The van der Waals surface area contributed by atoms with E-state index in [1.54, 1.807) is 12.1 Å². The van der Waals surface area contributed by atoms with Gasteiger partial charge in [-0.1, -0.05) is 48.5 Å². The standard InChI is InChI=1S/C24H18O6/c25-16-9-6-14(7-10-16)8-11-18(26)23-20(28)13-19(27)22-17(12-21(29)30-24(22)23)15-4-2-1-3-5-15/h1-11,13,17,25,27-28H,12H2/b11-8+/t17-/m0/s1. The number of rotatable bonds is 4. The van der Waals surface area contributed by atoms with Crippen LogP contribution in [0.5, 0.6) is 23.0 Å². The van der Waals surface area contributed by atoms with Crippen LogP contribution in [0.15, 0.2) is 66.7 Å². The Hall–Kier alpha value is -4.06. The summed E-state index contributed by atoms with van der Waals surface area (Å²) in [7, 11) is 0. The number of benzene rings is 3. The second-order valence-electron chi connectivity index (χ2n) is 6.96. The largest absolute Gasteiger partial charge is 0.508 e. The van der Waals surface area contributed by atoms with Gasteiger partial charge in [-0.15, -0.1) is 0 Å². The Labute approximate surface area is 172 Å². The van der Waals surface area contributed by atoms with Crippen LogP contribution < -0.4 is 4.74 Å². The summed E-state index contributed by atoms with van der Waals surface area (Å²) in [5.74, 6) is -2.40. The Morgan fingerprint density at radius 3 is 2.37 bits per heavy atom. The molecule has 0 bridgehead atoms. The summed E-state index contributed by atoms with van der Waals surface area (Å²) in [5.41, 5.74) is 1.55. The summed E-state index contributed by atoms with van der Waals surface area (Å²) in [6.45, 7) is 0. The van der Waals surface area contributed by atoms with Gasteiger partial charge in [-0.2, -0.15) is 0 Å². The summed E-state index contributed by atoms with van der Waals surface area (Å²) in [4.78, 5) is 25.1. The number of fused-ring (bicyclic) bond motifs is 1. The highest BCUT2D eigenvalue weighted by atomic mass is 16.5. The minimum Gasteiger partial charge on any atom is -0.508 e. The van der Waals surface area contributed by atoms with Crippen molar-refractivity contribution in [2.45, 2.75) is 12.3 Å². The van der Waals surface area contributed by atoms with Crippen LogP contribution in [0.4, 0.5) is 0 Å². The maximum atomic E-state index is 12.9. The van der Waals surface area contributed by atoms with Gasteiger partial charge in [0.1, 0.15) is 22.8 Å². The summed E-state index contributed by atoms with van der Waals surface area (Å²) in [5, 5.41) is 30.2. The van der Waals surface area contributed by atoms with Crippen molar-refractivity contribution in [2.24, 2.45) is 0 Å². The van der Waals surface area contributed by atoms with Crippen LogP contribution in [-0.4, -0.2) is 27.1 Å². The number of carbonyl (C=O) groups excluding carboxylic acids is 2. The SMILES string of the molecule is O=C1C[C@@H](c2ccccc2)c2c(O)cc(O)c(C(=O)/C=C/c3ccc(O)cc3)c2O1. The van der Waals surface area contributed by atoms with Gasteiger partial charge in [-0.05, 0) is 29.3 Å². The molecule has 30 heavy (non-hydrogen) atoms. The number of phenolic OH excluding ortho intramolecular Hbond substituents is 3. The van der Waals surface area contributed by atoms with Crippen LogP contribution >= 0.6 is 0 Å². The predicted molar refractivity (Wildman–Crippen MR) is 110 cm³/mol. The summed E-state index contributed by atoms with van der Waals surface area (Å²) < 4.78 is 5.32. The summed E-state index contributed by atoms with van der Waals surface area (Å²) >= 11 is 0. The molecule has 0 spiro atoms. The summed E-state index contributed by atoms with van der Waals surface area (Å²) in [6, 6.07) is 16.4. The Morgan fingerprint density at radius 2 is 1.67 bits per heavy atom. The third kappa shape index (κ3) is 3.63. The van der Waals surface area contributed by atoms with Gasteiger partial charge in [0.25, 0.3) is 0 Å². The minimum absolute atomic E-state index is 0.00628. The highest BCUT2D eigenvalue weighted by Gasteiger charge is 2.35. The monoisotopic (exact) mass is 402 g/mol. The van der Waals surface area contributed by atoms with Crippen molar-refractivity contribution in [3.8, 4) is 23.0 Å². The van der Waals surface area contributed by atoms with Crippen molar-refractivity contribution in [1.82, 2.24) is 0 Å². The van der Waals surface area contributed by atoms with Crippen LogP contribution in [0, 0.1) is 0 Å². The Morgan fingerprint density at radius 1 is 0.967 bits per heavy atom. The zero-order valence-corrected chi connectivity index (χ0v) is 15.8. The van der Waals surface area contributed by atoms with E-state index in [0.717, 1.165) is 11.6 Å². The number of ketones is 1. The molecule has 0 aromatic heterocycles. The molecule has 0 amide bonds. The molecule has 1 heterocycles. The van der Waals surface area contributed by atoms with E-state index in [9.17, 15) is 24.9 Å². The molecular formula is C24H18O6. The van der Waals surface area contributed by atoms with Gasteiger partial charge in [0.15, 0.2) is 11.5 Å². The average Bonchev–Trinajstić information content (AvgIpc) is 2.73. The molecule has 0 radical (unpaired) electrons. The fourth-order valence-corrected chi connectivity index (χ4v) is 3.56. The topological polar surface area (TPSA) is 104 Å². The van der Waals surface area contributed by atoms with Crippen molar-refractivity contribution in [3.63, 3.8) is 0 Å². The molecule has 0 fully saturated rings. The average molecular weight is 402 g/mol. The van der Waals surface area contributed by atoms with Crippen LogP contribution in [-0.2, 0) is 4.79 Å². The molecule has 150 valence electrons. The number of aromatic hydroxyl groups is 3. The van der Waals surface area contributed by atoms with Crippen molar-refractivity contribution in [2.75, 3.05) is 0 Å². The van der Waals surface area contributed by atoms with E-state index in [-0.39, 0.29) is 29.2 Å². The van der Waals surface area contributed by atoms with E-state index in [1.807, 2.05) is 30.3 Å². The van der Waals surface area contributed by atoms with Crippen molar-refractivity contribution in [1.29, 1.82) is 0 Å². The van der Waals surface area contributed by atoms with Crippen molar-refractivity contribution in [3.05, 3.63) is 89.0 Å². The molecular weight excluding hydrogens is 384 g/mol.